The summed E-state index contributed by atoms with van der Waals surface area (Å²) in [5, 5.41) is 4.05. The summed E-state index contributed by atoms with van der Waals surface area (Å²) in [5.74, 6) is 0.656. The van der Waals surface area contributed by atoms with Crippen LogP contribution in [0.2, 0.25) is 0 Å². The predicted octanol–water partition coefficient (Wildman–Crippen LogP) is 2.96. The number of hydrazone groups is 1. The molecule has 126 valence electrons. The first-order valence-corrected chi connectivity index (χ1v) is 7.94. The molecule has 0 radical (unpaired) electrons. The summed E-state index contributed by atoms with van der Waals surface area (Å²) < 4.78 is 11.5. The zero-order valence-electron chi connectivity index (χ0n) is 13.4. The standard InChI is InChI=1S/C17H18BrN3O3/c1-11(12-3-6-14(19)7-4-12)20-21-17(22)10-24-15-8-5-13(18)9-16(15)23-2/h3-9H,10,19H2,1-2H3,(H,21,22)/b20-11+. The minimum Gasteiger partial charge on any atom is -0.493 e. The molecule has 0 spiro atoms. The Balaban J connectivity index is 1.91. The van der Waals surface area contributed by atoms with E-state index in [9.17, 15) is 4.79 Å². The number of nitrogen functional groups attached to an aromatic ring is 1. The van der Waals surface area contributed by atoms with Gasteiger partial charge in [0.2, 0.25) is 0 Å². The Morgan fingerprint density at radius 2 is 1.92 bits per heavy atom. The molecule has 0 saturated heterocycles. The van der Waals surface area contributed by atoms with E-state index in [1.807, 2.05) is 12.1 Å². The van der Waals surface area contributed by atoms with Crippen molar-refractivity contribution < 1.29 is 14.3 Å². The second-order valence-electron chi connectivity index (χ2n) is 4.94. The van der Waals surface area contributed by atoms with Crippen molar-refractivity contribution >= 4 is 33.2 Å². The van der Waals surface area contributed by atoms with Crippen LogP contribution in [0.3, 0.4) is 0 Å². The van der Waals surface area contributed by atoms with Crippen LogP contribution in [0.25, 0.3) is 0 Å². The van der Waals surface area contributed by atoms with E-state index in [0.29, 0.717) is 22.9 Å². The molecule has 6 nitrogen and oxygen atoms in total. The van der Waals surface area contributed by atoms with Crippen LogP contribution in [-0.2, 0) is 4.79 Å². The minimum atomic E-state index is -0.366. The Bertz CT molecular complexity index is 745. The molecular weight excluding hydrogens is 374 g/mol. The fraction of sp³-hybridized carbons (Fsp3) is 0.176. The zero-order chi connectivity index (χ0) is 17.5. The van der Waals surface area contributed by atoms with Crippen molar-refractivity contribution in [2.45, 2.75) is 6.92 Å². The van der Waals surface area contributed by atoms with E-state index in [1.165, 1.54) is 7.11 Å². The maximum atomic E-state index is 11.9. The average molecular weight is 392 g/mol. The third kappa shape index (κ3) is 4.99. The van der Waals surface area contributed by atoms with Gasteiger partial charge in [-0.1, -0.05) is 28.1 Å². The number of anilines is 1. The molecule has 0 bridgehead atoms. The van der Waals surface area contributed by atoms with E-state index >= 15 is 0 Å². The quantitative estimate of drug-likeness (QED) is 0.450. The fourth-order valence-corrected chi connectivity index (χ4v) is 2.21. The van der Waals surface area contributed by atoms with Crippen molar-refractivity contribution in [1.82, 2.24) is 5.43 Å². The van der Waals surface area contributed by atoms with Crippen LogP contribution in [0.5, 0.6) is 11.5 Å². The summed E-state index contributed by atoms with van der Waals surface area (Å²) in [7, 11) is 1.54. The Labute approximate surface area is 148 Å². The van der Waals surface area contributed by atoms with E-state index < -0.39 is 0 Å². The van der Waals surface area contributed by atoms with Gasteiger partial charge in [0.05, 0.1) is 12.8 Å². The fourth-order valence-electron chi connectivity index (χ4n) is 1.87. The summed E-state index contributed by atoms with van der Waals surface area (Å²) in [6.07, 6.45) is 0. The number of carbonyl (C=O) groups is 1. The number of halogens is 1. The normalized spacial score (nSPS) is 11.0. The Kier molecular flexibility index (Phi) is 6.20. The molecule has 0 fully saturated rings. The van der Waals surface area contributed by atoms with Gasteiger partial charge in [0.1, 0.15) is 0 Å². The SMILES string of the molecule is COc1cc(Br)ccc1OCC(=O)N/N=C(\C)c1ccc(N)cc1. The van der Waals surface area contributed by atoms with Crippen molar-refractivity contribution in [2.24, 2.45) is 5.10 Å². The smallest absolute Gasteiger partial charge is 0.277 e. The highest BCUT2D eigenvalue weighted by atomic mass is 79.9. The van der Waals surface area contributed by atoms with Crippen LogP contribution in [0, 0.1) is 0 Å². The van der Waals surface area contributed by atoms with Crippen molar-refractivity contribution in [1.29, 1.82) is 0 Å². The maximum Gasteiger partial charge on any atom is 0.277 e. The summed E-state index contributed by atoms with van der Waals surface area (Å²) >= 11 is 3.34. The lowest BCUT2D eigenvalue weighted by molar-refractivity contribution is -0.123. The molecule has 0 aliphatic carbocycles. The molecular formula is C17H18BrN3O3. The van der Waals surface area contributed by atoms with Gasteiger partial charge in [-0.25, -0.2) is 5.43 Å². The number of methoxy groups -OCH3 is 1. The van der Waals surface area contributed by atoms with Gasteiger partial charge in [-0.15, -0.1) is 0 Å². The molecule has 2 aromatic carbocycles. The predicted molar refractivity (Wildman–Crippen MR) is 97.4 cm³/mol. The van der Waals surface area contributed by atoms with Crippen LogP contribution in [-0.4, -0.2) is 25.3 Å². The van der Waals surface area contributed by atoms with Crippen LogP contribution in [0.4, 0.5) is 5.69 Å². The Morgan fingerprint density at radius 3 is 2.58 bits per heavy atom. The van der Waals surface area contributed by atoms with Crippen LogP contribution < -0.4 is 20.6 Å². The maximum absolute atomic E-state index is 11.9. The topological polar surface area (TPSA) is 85.9 Å². The number of carbonyl (C=O) groups excluding carboxylic acids is 1. The lowest BCUT2D eigenvalue weighted by Gasteiger charge is -2.10. The molecule has 7 heteroatoms. The van der Waals surface area contributed by atoms with E-state index in [1.54, 1.807) is 37.3 Å². The van der Waals surface area contributed by atoms with Crippen LogP contribution in [0.1, 0.15) is 12.5 Å². The molecule has 0 aliphatic rings. The Morgan fingerprint density at radius 1 is 1.21 bits per heavy atom. The Hall–Kier alpha value is -2.54. The van der Waals surface area contributed by atoms with E-state index in [4.69, 9.17) is 15.2 Å². The zero-order valence-corrected chi connectivity index (χ0v) is 15.0. The second-order valence-corrected chi connectivity index (χ2v) is 5.85. The third-order valence-electron chi connectivity index (χ3n) is 3.16. The molecule has 3 N–H and O–H groups in total. The first-order valence-electron chi connectivity index (χ1n) is 7.15. The molecule has 1 amide bonds. The second kappa shape index (κ2) is 8.35. The van der Waals surface area contributed by atoms with Crippen molar-refractivity contribution in [3.8, 4) is 11.5 Å². The number of nitrogens with zero attached hydrogens (tertiary/aromatic N) is 1. The lowest BCUT2D eigenvalue weighted by atomic mass is 10.1. The molecule has 0 heterocycles. The number of benzene rings is 2. The van der Waals surface area contributed by atoms with E-state index in [2.05, 4.69) is 26.5 Å². The summed E-state index contributed by atoms with van der Waals surface area (Å²) in [6.45, 7) is 1.63. The molecule has 0 saturated carbocycles. The van der Waals surface area contributed by atoms with Gasteiger partial charge in [-0.2, -0.15) is 5.10 Å². The highest BCUT2D eigenvalue weighted by Crippen LogP contribution is 2.29. The van der Waals surface area contributed by atoms with Gasteiger partial charge in [0, 0.05) is 10.2 Å². The molecule has 0 atom stereocenters. The van der Waals surface area contributed by atoms with Crippen molar-refractivity contribution in [2.75, 3.05) is 19.5 Å². The van der Waals surface area contributed by atoms with Crippen LogP contribution in [0.15, 0.2) is 52.0 Å². The molecule has 2 aromatic rings. The lowest BCUT2D eigenvalue weighted by Crippen LogP contribution is -2.25. The summed E-state index contributed by atoms with van der Waals surface area (Å²) in [6, 6.07) is 12.5. The van der Waals surface area contributed by atoms with Crippen molar-refractivity contribution in [3.05, 3.63) is 52.5 Å². The number of nitrogens with two attached hydrogens (primary N) is 1. The summed E-state index contributed by atoms with van der Waals surface area (Å²) in [5.41, 5.74) is 10.3. The number of nitrogens with one attached hydrogen (secondary N) is 1. The molecule has 2 rings (SSSR count). The van der Waals surface area contributed by atoms with Crippen LogP contribution >= 0.6 is 15.9 Å². The number of rotatable bonds is 6. The number of hydrogen-bond donors (Lipinski definition) is 2. The average Bonchev–Trinajstić information content (AvgIpc) is 2.59. The molecule has 24 heavy (non-hydrogen) atoms. The highest BCUT2D eigenvalue weighted by molar-refractivity contribution is 9.10. The van der Waals surface area contributed by atoms with Crippen molar-refractivity contribution in [3.63, 3.8) is 0 Å². The van der Waals surface area contributed by atoms with Gasteiger partial charge < -0.3 is 15.2 Å². The minimum absolute atomic E-state index is 0.170. The van der Waals surface area contributed by atoms with Gasteiger partial charge in [-0.3, -0.25) is 4.79 Å². The van der Waals surface area contributed by atoms with Gasteiger partial charge >= 0.3 is 0 Å². The molecule has 0 unspecified atom stereocenters. The largest absolute Gasteiger partial charge is 0.493 e. The van der Waals surface area contributed by atoms with E-state index in [-0.39, 0.29) is 12.5 Å². The number of ether oxygens (including phenoxy) is 2. The molecule has 0 aromatic heterocycles. The highest BCUT2D eigenvalue weighted by Gasteiger charge is 2.08. The monoisotopic (exact) mass is 391 g/mol. The van der Waals surface area contributed by atoms with E-state index in [0.717, 1.165) is 10.0 Å². The number of hydrogen-bond acceptors (Lipinski definition) is 5. The molecule has 0 aliphatic heterocycles. The van der Waals surface area contributed by atoms with Gasteiger partial charge in [0.25, 0.3) is 5.91 Å². The first kappa shape index (κ1) is 17.8. The van der Waals surface area contributed by atoms with Gasteiger partial charge in [-0.05, 0) is 42.8 Å². The summed E-state index contributed by atoms with van der Waals surface area (Å²) in [4.78, 5) is 11.9. The number of amides is 1. The third-order valence-corrected chi connectivity index (χ3v) is 3.65. The first-order chi connectivity index (χ1) is 11.5. The van der Waals surface area contributed by atoms with Gasteiger partial charge in [0.15, 0.2) is 18.1 Å².